The summed E-state index contributed by atoms with van der Waals surface area (Å²) in [6.45, 7) is 3.96. The van der Waals surface area contributed by atoms with Crippen molar-refractivity contribution in [1.82, 2.24) is 0 Å². The average molecular weight is 188 g/mol. The Morgan fingerprint density at radius 2 is 1.54 bits per heavy atom. The van der Waals surface area contributed by atoms with Crippen molar-refractivity contribution in [2.45, 2.75) is 71.0 Å². The molecule has 1 aliphatic carbocycles. The fraction of sp³-hybridized carbons (Fsp3) is 1.00. The van der Waals surface area contributed by atoms with Crippen molar-refractivity contribution < 1.29 is 10.2 Å². The Morgan fingerprint density at radius 1 is 1.08 bits per heavy atom. The van der Waals surface area contributed by atoms with E-state index >= 15 is 0 Å². The molecule has 0 aromatic carbocycles. The normalized spacial score (nSPS) is 18.2. The molecule has 0 aromatic rings. The van der Waals surface area contributed by atoms with Gasteiger partial charge in [-0.25, -0.2) is 0 Å². The van der Waals surface area contributed by atoms with Crippen LogP contribution in [0.5, 0.6) is 0 Å². The van der Waals surface area contributed by atoms with Gasteiger partial charge >= 0.3 is 0 Å². The summed E-state index contributed by atoms with van der Waals surface area (Å²) >= 11 is 0. The maximum absolute atomic E-state index is 8.91. The standard InChI is InChI=1S/C6H12O.C5H12O/c7-6-4-2-1-3-5-6;1-3-5(6)4-2/h6-7H,1-5H2;5-6H,3-4H2,1-2H3. The Labute approximate surface area is 82.0 Å². The highest BCUT2D eigenvalue weighted by molar-refractivity contribution is 4.61. The fourth-order valence-electron chi connectivity index (χ4n) is 1.37. The summed E-state index contributed by atoms with van der Waals surface area (Å²) in [5.74, 6) is 0. The maximum atomic E-state index is 8.91. The molecular formula is C11H24O2. The molecule has 2 N–H and O–H groups in total. The predicted octanol–water partition coefficient (Wildman–Crippen LogP) is 2.48. The molecule has 0 radical (unpaired) electrons. The lowest BCUT2D eigenvalue weighted by Gasteiger charge is -2.14. The van der Waals surface area contributed by atoms with Crippen LogP contribution in [0.1, 0.15) is 58.8 Å². The van der Waals surface area contributed by atoms with Crippen LogP contribution in [0.15, 0.2) is 0 Å². The van der Waals surface area contributed by atoms with Crippen LogP contribution in [0, 0.1) is 0 Å². The van der Waals surface area contributed by atoms with Crippen LogP contribution in [-0.4, -0.2) is 22.4 Å². The van der Waals surface area contributed by atoms with E-state index in [9.17, 15) is 0 Å². The molecule has 0 heterocycles. The summed E-state index contributed by atoms with van der Waals surface area (Å²) in [4.78, 5) is 0. The van der Waals surface area contributed by atoms with Gasteiger partial charge in [-0.2, -0.15) is 0 Å². The van der Waals surface area contributed by atoms with Crippen molar-refractivity contribution in [3.63, 3.8) is 0 Å². The molecule has 1 aliphatic rings. The molecule has 0 saturated heterocycles. The van der Waals surface area contributed by atoms with Gasteiger partial charge in [0.25, 0.3) is 0 Å². The van der Waals surface area contributed by atoms with Crippen LogP contribution >= 0.6 is 0 Å². The number of hydrogen-bond acceptors (Lipinski definition) is 2. The summed E-state index contributed by atoms with van der Waals surface area (Å²) in [5, 5.41) is 17.6. The van der Waals surface area contributed by atoms with E-state index in [4.69, 9.17) is 10.2 Å². The van der Waals surface area contributed by atoms with E-state index in [1.54, 1.807) is 0 Å². The van der Waals surface area contributed by atoms with Crippen LogP contribution in [0.3, 0.4) is 0 Å². The SMILES string of the molecule is CCC(O)CC.OC1CCCCC1. The Morgan fingerprint density at radius 3 is 1.69 bits per heavy atom. The Balaban J connectivity index is 0.000000226. The Hall–Kier alpha value is -0.0800. The first-order valence-electron chi connectivity index (χ1n) is 5.56. The van der Waals surface area contributed by atoms with Gasteiger partial charge in [-0.15, -0.1) is 0 Å². The van der Waals surface area contributed by atoms with E-state index < -0.39 is 0 Å². The molecule has 2 nitrogen and oxygen atoms in total. The maximum Gasteiger partial charge on any atom is 0.0540 e. The van der Waals surface area contributed by atoms with E-state index in [-0.39, 0.29) is 12.2 Å². The summed E-state index contributed by atoms with van der Waals surface area (Å²) < 4.78 is 0. The van der Waals surface area contributed by atoms with Crippen molar-refractivity contribution in [2.75, 3.05) is 0 Å². The second-order valence-corrected chi connectivity index (χ2v) is 3.76. The molecule has 0 atom stereocenters. The highest BCUT2D eigenvalue weighted by Crippen LogP contribution is 2.16. The number of aliphatic hydroxyl groups excluding tert-OH is 2. The van der Waals surface area contributed by atoms with Crippen LogP contribution < -0.4 is 0 Å². The summed E-state index contributed by atoms with van der Waals surface area (Å²) in [6.07, 6.45) is 7.63. The average Bonchev–Trinajstić information content (AvgIpc) is 2.19. The molecule has 0 aromatic heterocycles. The fourth-order valence-corrected chi connectivity index (χ4v) is 1.37. The number of hydrogen-bond donors (Lipinski definition) is 2. The van der Waals surface area contributed by atoms with Gasteiger partial charge in [-0.05, 0) is 25.7 Å². The molecule has 0 unspecified atom stereocenters. The van der Waals surface area contributed by atoms with Crippen molar-refractivity contribution >= 4 is 0 Å². The van der Waals surface area contributed by atoms with E-state index in [1.165, 1.54) is 19.3 Å². The quantitative estimate of drug-likeness (QED) is 0.699. The van der Waals surface area contributed by atoms with E-state index in [2.05, 4.69) is 0 Å². The first-order chi connectivity index (χ1) is 6.20. The van der Waals surface area contributed by atoms with Gasteiger partial charge in [0.1, 0.15) is 0 Å². The number of aliphatic hydroxyl groups is 2. The van der Waals surface area contributed by atoms with E-state index in [1.807, 2.05) is 13.8 Å². The summed E-state index contributed by atoms with van der Waals surface area (Å²) in [6, 6.07) is 0. The third kappa shape index (κ3) is 8.26. The molecule has 1 fully saturated rings. The minimum absolute atomic E-state index is 0.0359. The minimum Gasteiger partial charge on any atom is -0.393 e. The van der Waals surface area contributed by atoms with Gasteiger partial charge in [0, 0.05) is 0 Å². The predicted molar refractivity (Wildman–Crippen MR) is 55.7 cm³/mol. The van der Waals surface area contributed by atoms with Gasteiger partial charge in [0.15, 0.2) is 0 Å². The smallest absolute Gasteiger partial charge is 0.0540 e. The molecule has 1 saturated carbocycles. The lowest BCUT2D eigenvalue weighted by Crippen LogP contribution is -2.09. The molecule has 0 amide bonds. The second-order valence-electron chi connectivity index (χ2n) is 3.76. The van der Waals surface area contributed by atoms with Gasteiger partial charge in [-0.1, -0.05) is 33.1 Å². The van der Waals surface area contributed by atoms with Crippen molar-refractivity contribution in [3.05, 3.63) is 0 Å². The monoisotopic (exact) mass is 188 g/mol. The van der Waals surface area contributed by atoms with Crippen molar-refractivity contribution in [2.24, 2.45) is 0 Å². The van der Waals surface area contributed by atoms with Crippen molar-refractivity contribution in [3.8, 4) is 0 Å². The third-order valence-electron chi connectivity index (χ3n) is 2.52. The zero-order valence-electron chi connectivity index (χ0n) is 9.00. The third-order valence-corrected chi connectivity index (χ3v) is 2.52. The molecule has 1 rings (SSSR count). The molecule has 0 spiro atoms. The summed E-state index contributed by atoms with van der Waals surface area (Å²) in [7, 11) is 0. The van der Waals surface area contributed by atoms with Crippen LogP contribution in [0.2, 0.25) is 0 Å². The first kappa shape index (κ1) is 12.9. The van der Waals surface area contributed by atoms with Gasteiger partial charge in [0.05, 0.1) is 12.2 Å². The molecule has 13 heavy (non-hydrogen) atoms. The van der Waals surface area contributed by atoms with Crippen LogP contribution in [0.4, 0.5) is 0 Å². The highest BCUT2D eigenvalue weighted by Gasteiger charge is 2.07. The van der Waals surface area contributed by atoms with Gasteiger partial charge in [-0.3, -0.25) is 0 Å². The lowest BCUT2D eigenvalue weighted by atomic mass is 9.98. The Bertz CT molecular complexity index is 94.3. The highest BCUT2D eigenvalue weighted by atomic mass is 16.3. The lowest BCUT2D eigenvalue weighted by molar-refractivity contribution is 0.130. The van der Waals surface area contributed by atoms with Crippen molar-refractivity contribution in [1.29, 1.82) is 0 Å². The van der Waals surface area contributed by atoms with Gasteiger partial charge < -0.3 is 10.2 Å². The zero-order valence-corrected chi connectivity index (χ0v) is 9.00. The topological polar surface area (TPSA) is 40.5 Å². The molecule has 0 bridgehead atoms. The molecule has 80 valence electrons. The Kier molecular flexibility index (Phi) is 8.46. The minimum atomic E-state index is -0.0648. The zero-order chi connectivity index (χ0) is 10.1. The molecular weight excluding hydrogens is 164 g/mol. The largest absolute Gasteiger partial charge is 0.393 e. The van der Waals surface area contributed by atoms with Gasteiger partial charge in [0.2, 0.25) is 0 Å². The second kappa shape index (κ2) is 8.52. The molecule has 2 heteroatoms. The first-order valence-corrected chi connectivity index (χ1v) is 5.56. The summed E-state index contributed by atoms with van der Waals surface area (Å²) in [5.41, 5.74) is 0. The van der Waals surface area contributed by atoms with E-state index in [0.717, 1.165) is 25.7 Å². The number of rotatable bonds is 2. The van der Waals surface area contributed by atoms with Crippen LogP contribution in [0.25, 0.3) is 0 Å². The van der Waals surface area contributed by atoms with E-state index in [0.29, 0.717) is 0 Å². The van der Waals surface area contributed by atoms with Crippen LogP contribution in [-0.2, 0) is 0 Å². The molecule has 0 aliphatic heterocycles.